The van der Waals surface area contributed by atoms with Crippen molar-refractivity contribution in [2.75, 3.05) is 9.80 Å². The maximum atomic E-state index is 10.6. The van der Waals surface area contributed by atoms with Gasteiger partial charge in [0.25, 0.3) is 6.71 Å². The van der Waals surface area contributed by atoms with Gasteiger partial charge in [-0.25, -0.2) is 0 Å². The average molecular weight is 788 g/mol. The number of thiophene rings is 1. The van der Waals surface area contributed by atoms with Crippen molar-refractivity contribution in [3.8, 4) is 5.69 Å². The van der Waals surface area contributed by atoms with Gasteiger partial charge in [-0.3, -0.25) is 0 Å². The maximum absolute atomic E-state index is 10.6. The van der Waals surface area contributed by atoms with Crippen LogP contribution in [0.25, 0.3) is 58.6 Å². The molecular formula is C52H40BN3OS. The lowest BCUT2D eigenvalue weighted by Gasteiger charge is -2.45. The molecule has 3 aliphatic rings. The van der Waals surface area contributed by atoms with Gasteiger partial charge in [-0.15, -0.1) is 11.3 Å². The van der Waals surface area contributed by atoms with Gasteiger partial charge in [0.1, 0.15) is 5.58 Å². The molecule has 3 aliphatic heterocycles. The highest BCUT2D eigenvalue weighted by molar-refractivity contribution is 7.26. The van der Waals surface area contributed by atoms with Crippen LogP contribution in [0.2, 0.25) is 0 Å². The third-order valence-corrected chi connectivity index (χ3v) is 12.4. The molecule has 0 N–H and O–H groups in total. The first kappa shape index (κ1) is 18.1. The molecule has 58 heavy (non-hydrogen) atoms. The minimum atomic E-state index is -1.61. The van der Waals surface area contributed by atoms with Crippen LogP contribution in [0, 0.1) is 0 Å². The molecule has 6 heterocycles. The Bertz CT molecular complexity index is 4740. The van der Waals surface area contributed by atoms with Crippen LogP contribution < -0.4 is 26.4 Å². The fourth-order valence-corrected chi connectivity index (χ4v) is 9.78. The lowest BCUT2D eigenvalue weighted by molar-refractivity contribution is 0.590. The second kappa shape index (κ2) is 10.8. The van der Waals surface area contributed by atoms with Gasteiger partial charge < -0.3 is 18.8 Å². The van der Waals surface area contributed by atoms with E-state index < -0.39 is 132 Å². The number of anilines is 6. The van der Waals surface area contributed by atoms with E-state index >= 15 is 0 Å². The number of furan rings is 1. The summed E-state index contributed by atoms with van der Waals surface area (Å²) in [6, 6.07) is -12.8. The Morgan fingerprint density at radius 1 is 0.552 bits per heavy atom. The van der Waals surface area contributed by atoms with E-state index in [-0.39, 0.29) is 139 Å². The fraction of sp³-hybridized carbons (Fsp3) is 0.154. The second-order valence-electron chi connectivity index (χ2n) is 16.8. The summed E-state index contributed by atoms with van der Waals surface area (Å²) in [7, 11) is 0. The lowest BCUT2D eigenvalue weighted by atomic mass is 9.35. The van der Waals surface area contributed by atoms with Crippen LogP contribution in [-0.2, 0) is 10.8 Å². The van der Waals surface area contributed by atoms with Gasteiger partial charge in [-0.1, -0.05) is 120 Å². The predicted molar refractivity (Wildman–Crippen MR) is 248 cm³/mol. The molecule has 0 atom stereocenters. The van der Waals surface area contributed by atoms with E-state index in [1.54, 1.807) is 41.5 Å². The van der Waals surface area contributed by atoms with Gasteiger partial charge in [0.2, 0.25) is 0 Å². The molecule has 13 rings (SSSR count). The molecule has 6 heteroatoms. The van der Waals surface area contributed by atoms with Crippen LogP contribution in [-0.4, -0.2) is 11.3 Å². The minimum Gasteiger partial charge on any atom is -0.468 e. The molecule has 0 unspecified atom stereocenters. The molecule has 0 saturated heterocycles. The molecule has 7 aromatic carbocycles. The highest BCUT2D eigenvalue weighted by Gasteiger charge is 2.49. The normalized spacial score (nSPS) is 19.6. The number of fused-ring (bicyclic) bond motifs is 14. The highest BCUT2D eigenvalue weighted by Crippen LogP contribution is 2.55. The molecule has 3 aromatic heterocycles. The topological polar surface area (TPSA) is 24.6 Å². The Hall–Kier alpha value is -6.24. The van der Waals surface area contributed by atoms with Crippen LogP contribution in [0.1, 0.15) is 82.8 Å². The summed E-state index contributed by atoms with van der Waals surface area (Å²) in [6.45, 7) is 8.77. The zero-order chi connectivity index (χ0) is 58.1. The Morgan fingerprint density at radius 2 is 1.21 bits per heavy atom. The first-order valence-electron chi connectivity index (χ1n) is 29.7. The first-order chi connectivity index (χ1) is 37.2. The van der Waals surface area contributed by atoms with Gasteiger partial charge in [0.15, 0.2) is 0 Å². The summed E-state index contributed by atoms with van der Waals surface area (Å²) in [5.41, 5.74) is -5.00. The first-order valence-corrected chi connectivity index (χ1v) is 19.5. The van der Waals surface area contributed by atoms with Gasteiger partial charge in [0.05, 0.1) is 80.0 Å². The maximum Gasteiger partial charge on any atom is 0.297 e. The summed E-state index contributed by atoms with van der Waals surface area (Å²) < 4.78 is 217. The van der Waals surface area contributed by atoms with Crippen LogP contribution in [0.15, 0.2) is 137 Å². The summed E-state index contributed by atoms with van der Waals surface area (Å²) in [6.07, 6.45) is 0. The molecule has 0 aliphatic carbocycles. The van der Waals surface area contributed by atoms with Crippen molar-refractivity contribution in [1.82, 2.24) is 4.57 Å². The number of para-hydroxylation sites is 3. The van der Waals surface area contributed by atoms with Crippen molar-refractivity contribution in [3.63, 3.8) is 0 Å². The number of benzene rings is 7. The molecule has 0 saturated carbocycles. The molecule has 10 aromatic rings. The molecule has 0 bridgehead atoms. The van der Waals surface area contributed by atoms with Crippen molar-refractivity contribution >= 4 is 122 Å². The second-order valence-corrected chi connectivity index (χ2v) is 17.9. The standard InChI is InChI=1S/C52H40BN3OS/c1-51(2,3)29-24-25-43-35(26-29)47-50(57-43)53-36-18-13-21-39-48(36)55(38-20-11-16-33-31-14-7-9-19-37(31)54(39)46(33)38)41-27-30(52(4,5)6)28-42(45(41)53)56(47)40-22-12-17-34-32-15-8-10-23-44(32)58-49(34)40/h7-28H,1-6H3/i7D,8D,9D,10D,11D,12D,13D,14D,15D,16D,17D,18D,19D,20D,21D,22D,23D,24D,25D,26D,27D,28D. The van der Waals surface area contributed by atoms with E-state index in [0.29, 0.717) is 0 Å². The minimum absolute atomic E-state index is 0.000233. The molecule has 0 spiro atoms. The van der Waals surface area contributed by atoms with E-state index in [4.69, 9.17) is 12.6 Å². The lowest BCUT2D eigenvalue weighted by Crippen LogP contribution is -2.61. The van der Waals surface area contributed by atoms with Crippen molar-refractivity contribution in [1.29, 1.82) is 0 Å². The predicted octanol–water partition coefficient (Wildman–Crippen LogP) is 12.9. The Balaban J connectivity index is 1.36. The summed E-state index contributed by atoms with van der Waals surface area (Å²) in [4.78, 5) is 2.68. The highest BCUT2D eigenvalue weighted by atomic mass is 32.1. The smallest absolute Gasteiger partial charge is 0.297 e. The summed E-state index contributed by atoms with van der Waals surface area (Å²) in [5, 5.41) is -0.906. The van der Waals surface area contributed by atoms with Gasteiger partial charge in [-0.2, -0.15) is 0 Å². The van der Waals surface area contributed by atoms with E-state index in [1.165, 1.54) is 14.4 Å². The van der Waals surface area contributed by atoms with Crippen molar-refractivity contribution in [2.45, 2.75) is 52.4 Å². The quantitative estimate of drug-likeness (QED) is 0.155. The number of hydrogen-bond donors (Lipinski definition) is 0. The fourth-order valence-electron chi connectivity index (χ4n) is 8.72. The molecule has 0 radical (unpaired) electrons. The zero-order valence-electron chi connectivity index (χ0n) is 53.7. The third-order valence-electron chi connectivity index (χ3n) is 11.3. The molecule has 0 fully saturated rings. The Morgan fingerprint density at radius 3 is 2.00 bits per heavy atom. The molecule has 0 amide bonds. The van der Waals surface area contributed by atoms with Crippen LogP contribution in [0.3, 0.4) is 0 Å². The number of rotatable bonds is 1. The molecule has 278 valence electrons. The van der Waals surface area contributed by atoms with Crippen molar-refractivity contribution < 1.29 is 34.6 Å². The van der Waals surface area contributed by atoms with Crippen LogP contribution in [0.5, 0.6) is 0 Å². The van der Waals surface area contributed by atoms with Crippen molar-refractivity contribution in [3.05, 3.63) is 144 Å². The average Bonchev–Trinajstić information content (AvgIpc) is 3.82. The van der Waals surface area contributed by atoms with Crippen molar-refractivity contribution in [2.24, 2.45) is 0 Å². The van der Waals surface area contributed by atoms with Gasteiger partial charge >= 0.3 is 0 Å². The van der Waals surface area contributed by atoms with Gasteiger partial charge in [0, 0.05) is 43.0 Å². The van der Waals surface area contributed by atoms with E-state index in [2.05, 4.69) is 0 Å². The summed E-state index contributed by atoms with van der Waals surface area (Å²) >= 11 is 0.783. The summed E-state index contributed by atoms with van der Waals surface area (Å²) in [5.74, 6) is 0. The monoisotopic (exact) mass is 787 g/mol. The largest absolute Gasteiger partial charge is 0.468 e. The number of nitrogens with zero attached hydrogens (tertiary/aromatic N) is 3. The van der Waals surface area contributed by atoms with Gasteiger partial charge in [-0.05, 0) is 87.3 Å². The molecule has 4 nitrogen and oxygen atoms in total. The van der Waals surface area contributed by atoms with E-state index in [1.807, 2.05) is 0 Å². The number of aromatic nitrogens is 1. The van der Waals surface area contributed by atoms with Crippen LogP contribution in [0.4, 0.5) is 34.1 Å². The molecular weight excluding hydrogens is 725 g/mol. The van der Waals surface area contributed by atoms with Crippen LogP contribution >= 0.6 is 11.3 Å². The third kappa shape index (κ3) is 4.06. The zero-order valence-corrected chi connectivity index (χ0v) is 32.6. The Labute approximate surface area is 372 Å². The Kier molecular flexibility index (Phi) is 3.39. The number of hydrogen-bond acceptors (Lipinski definition) is 4. The van der Waals surface area contributed by atoms with E-state index in [9.17, 15) is 21.9 Å². The van der Waals surface area contributed by atoms with E-state index in [0.717, 1.165) is 11.3 Å². The SMILES string of the molecule is [2H]c1c([2H])c2c3c(c1[2H])-n1c4c([2H])c([2H])c([2H])c([2H])c4c4c([2H])c([2H])c([2H])c(c41)N3c1c([2H])c(C(C)(C)C)c([2H])c3c1B2c1oc2c([2H])c([2H])c(C(C)(C)C)c([2H])c2c1N3c1c([2H])c([2H])c([2H])c2c1sc1c([2H])c([2H])c([2H])c([2H])c12.